The van der Waals surface area contributed by atoms with Gasteiger partial charge in [-0.15, -0.1) is 0 Å². The number of aromatic nitrogens is 1. The Labute approximate surface area is 143 Å². The van der Waals surface area contributed by atoms with Gasteiger partial charge in [0.2, 0.25) is 0 Å². The fraction of sp³-hybridized carbons (Fsp3) is 0.500. The predicted octanol–water partition coefficient (Wildman–Crippen LogP) is 4.03. The maximum atomic E-state index is 12.0. The standard InChI is InChI=1S/C20H26N2O2/c1-4-15-9-7-8-12-22(15)20-16-10-5-6-11-18(16)21-14(2)17(20)13-19(23)24-3/h5-6,10-11,15H,4,7-9,12-13H2,1-3H3. The zero-order valence-corrected chi connectivity index (χ0v) is 14.8. The third-order valence-electron chi connectivity index (χ3n) is 5.10. The van der Waals surface area contributed by atoms with Crippen molar-refractivity contribution in [2.75, 3.05) is 18.6 Å². The number of anilines is 1. The molecule has 2 heterocycles. The third kappa shape index (κ3) is 3.10. The van der Waals surface area contributed by atoms with Crippen molar-refractivity contribution in [1.29, 1.82) is 0 Å². The number of pyridine rings is 1. The quantitative estimate of drug-likeness (QED) is 0.796. The Morgan fingerprint density at radius 3 is 2.88 bits per heavy atom. The first-order chi connectivity index (χ1) is 11.7. The highest BCUT2D eigenvalue weighted by Crippen LogP contribution is 2.36. The van der Waals surface area contributed by atoms with Gasteiger partial charge in [-0.25, -0.2) is 0 Å². The molecule has 1 aliphatic heterocycles. The lowest BCUT2D eigenvalue weighted by Crippen LogP contribution is -2.40. The molecular weight excluding hydrogens is 300 g/mol. The minimum Gasteiger partial charge on any atom is -0.469 e. The SMILES string of the molecule is CCC1CCCCN1c1c(CC(=O)OC)c(C)nc2ccccc12. The summed E-state index contributed by atoms with van der Waals surface area (Å²) in [5.74, 6) is -0.207. The Kier molecular flexibility index (Phi) is 5.03. The molecule has 24 heavy (non-hydrogen) atoms. The molecule has 1 aliphatic rings. The summed E-state index contributed by atoms with van der Waals surface area (Å²) in [5, 5.41) is 1.14. The fourth-order valence-corrected chi connectivity index (χ4v) is 3.83. The van der Waals surface area contributed by atoms with E-state index in [2.05, 4.69) is 30.0 Å². The zero-order chi connectivity index (χ0) is 17.1. The first-order valence-corrected chi connectivity index (χ1v) is 8.87. The highest BCUT2D eigenvalue weighted by atomic mass is 16.5. The van der Waals surface area contributed by atoms with Crippen LogP contribution in [0.25, 0.3) is 10.9 Å². The van der Waals surface area contributed by atoms with Crippen molar-refractivity contribution in [3.05, 3.63) is 35.5 Å². The maximum Gasteiger partial charge on any atom is 0.310 e. The number of rotatable bonds is 4. The van der Waals surface area contributed by atoms with E-state index in [0.717, 1.165) is 35.1 Å². The molecule has 1 aromatic heterocycles. The van der Waals surface area contributed by atoms with Crippen molar-refractivity contribution >= 4 is 22.6 Å². The first kappa shape index (κ1) is 16.7. The van der Waals surface area contributed by atoms with Crippen LogP contribution in [-0.4, -0.2) is 30.6 Å². The fourth-order valence-electron chi connectivity index (χ4n) is 3.83. The van der Waals surface area contributed by atoms with Crippen LogP contribution in [0.3, 0.4) is 0 Å². The van der Waals surface area contributed by atoms with Gasteiger partial charge in [-0.05, 0) is 38.7 Å². The van der Waals surface area contributed by atoms with Gasteiger partial charge in [0.15, 0.2) is 0 Å². The average Bonchev–Trinajstić information content (AvgIpc) is 2.62. The second-order valence-electron chi connectivity index (χ2n) is 6.55. The Morgan fingerprint density at radius 1 is 1.33 bits per heavy atom. The van der Waals surface area contributed by atoms with E-state index in [1.165, 1.54) is 32.1 Å². The number of carbonyl (C=O) groups excluding carboxylic acids is 1. The molecule has 0 spiro atoms. The van der Waals surface area contributed by atoms with E-state index in [1.807, 2.05) is 13.0 Å². The molecule has 1 saturated heterocycles. The number of nitrogens with zero attached hydrogens (tertiary/aromatic N) is 2. The number of fused-ring (bicyclic) bond motifs is 1. The summed E-state index contributed by atoms with van der Waals surface area (Å²) in [5.41, 5.74) is 4.13. The average molecular weight is 326 g/mol. The summed E-state index contributed by atoms with van der Waals surface area (Å²) < 4.78 is 4.93. The van der Waals surface area contributed by atoms with Gasteiger partial charge in [0.05, 0.1) is 24.7 Å². The first-order valence-electron chi connectivity index (χ1n) is 8.87. The van der Waals surface area contributed by atoms with E-state index in [0.29, 0.717) is 6.04 Å². The summed E-state index contributed by atoms with van der Waals surface area (Å²) in [6.45, 7) is 5.29. The number of hydrogen-bond donors (Lipinski definition) is 0. The van der Waals surface area contributed by atoms with Gasteiger partial charge in [0, 0.05) is 29.2 Å². The van der Waals surface area contributed by atoms with Crippen LogP contribution in [0.4, 0.5) is 5.69 Å². The monoisotopic (exact) mass is 326 g/mol. The van der Waals surface area contributed by atoms with Crippen LogP contribution in [-0.2, 0) is 16.0 Å². The lowest BCUT2D eigenvalue weighted by atomic mass is 9.95. The second kappa shape index (κ2) is 7.20. The highest BCUT2D eigenvalue weighted by Gasteiger charge is 2.27. The molecule has 3 rings (SSSR count). The van der Waals surface area contributed by atoms with Crippen molar-refractivity contribution < 1.29 is 9.53 Å². The van der Waals surface area contributed by atoms with Gasteiger partial charge >= 0.3 is 5.97 Å². The van der Waals surface area contributed by atoms with Crippen LogP contribution < -0.4 is 4.90 Å². The number of esters is 1. The van der Waals surface area contributed by atoms with Crippen LogP contribution in [0, 0.1) is 6.92 Å². The van der Waals surface area contributed by atoms with Crippen molar-refractivity contribution in [2.45, 2.75) is 52.0 Å². The smallest absolute Gasteiger partial charge is 0.310 e. The molecule has 0 amide bonds. The molecule has 4 nitrogen and oxygen atoms in total. The van der Waals surface area contributed by atoms with Crippen molar-refractivity contribution in [2.24, 2.45) is 0 Å². The van der Waals surface area contributed by atoms with Gasteiger partial charge in [0.25, 0.3) is 0 Å². The summed E-state index contributed by atoms with van der Waals surface area (Å²) in [6, 6.07) is 8.78. The summed E-state index contributed by atoms with van der Waals surface area (Å²) in [7, 11) is 1.45. The van der Waals surface area contributed by atoms with Crippen LogP contribution in [0.5, 0.6) is 0 Å². The van der Waals surface area contributed by atoms with E-state index in [1.54, 1.807) is 0 Å². The molecule has 0 saturated carbocycles. The van der Waals surface area contributed by atoms with E-state index >= 15 is 0 Å². The van der Waals surface area contributed by atoms with E-state index in [-0.39, 0.29) is 12.4 Å². The van der Waals surface area contributed by atoms with Crippen molar-refractivity contribution in [1.82, 2.24) is 4.98 Å². The Hall–Kier alpha value is -2.10. The third-order valence-corrected chi connectivity index (χ3v) is 5.10. The molecule has 0 bridgehead atoms. The van der Waals surface area contributed by atoms with Crippen LogP contribution in [0.2, 0.25) is 0 Å². The van der Waals surface area contributed by atoms with Gasteiger partial charge in [-0.2, -0.15) is 0 Å². The number of carbonyl (C=O) groups is 1. The predicted molar refractivity (Wildman–Crippen MR) is 97.5 cm³/mol. The molecular formula is C20H26N2O2. The van der Waals surface area contributed by atoms with Crippen LogP contribution in [0.15, 0.2) is 24.3 Å². The molecule has 2 aromatic rings. The molecule has 0 radical (unpaired) electrons. The largest absolute Gasteiger partial charge is 0.469 e. The number of methoxy groups -OCH3 is 1. The Balaban J connectivity index is 2.20. The lowest BCUT2D eigenvalue weighted by molar-refractivity contribution is -0.139. The Morgan fingerprint density at radius 2 is 2.12 bits per heavy atom. The molecule has 0 N–H and O–H groups in total. The van der Waals surface area contributed by atoms with Crippen molar-refractivity contribution in [3.8, 4) is 0 Å². The minimum absolute atomic E-state index is 0.207. The molecule has 1 aromatic carbocycles. The second-order valence-corrected chi connectivity index (χ2v) is 6.55. The van der Waals surface area contributed by atoms with Crippen LogP contribution >= 0.6 is 0 Å². The number of benzene rings is 1. The molecule has 1 unspecified atom stereocenters. The van der Waals surface area contributed by atoms with Gasteiger partial charge in [0.1, 0.15) is 0 Å². The van der Waals surface area contributed by atoms with Crippen molar-refractivity contribution in [3.63, 3.8) is 0 Å². The zero-order valence-electron chi connectivity index (χ0n) is 14.8. The minimum atomic E-state index is -0.207. The van der Waals surface area contributed by atoms with E-state index in [4.69, 9.17) is 9.72 Å². The van der Waals surface area contributed by atoms with Gasteiger partial charge in [-0.3, -0.25) is 9.78 Å². The molecule has 1 atom stereocenters. The number of para-hydroxylation sites is 1. The molecule has 0 aliphatic carbocycles. The summed E-state index contributed by atoms with van der Waals surface area (Å²) in [6.07, 6.45) is 5.09. The van der Waals surface area contributed by atoms with Gasteiger partial charge < -0.3 is 9.64 Å². The highest BCUT2D eigenvalue weighted by molar-refractivity contribution is 5.95. The lowest BCUT2D eigenvalue weighted by Gasteiger charge is -2.39. The van der Waals surface area contributed by atoms with E-state index in [9.17, 15) is 4.79 Å². The molecule has 1 fully saturated rings. The number of aryl methyl sites for hydroxylation is 1. The van der Waals surface area contributed by atoms with Gasteiger partial charge in [-0.1, -0.05) is 25.1 Å². The maximum absolute atomic E-state index is 12.0. The number of ether oxygens (including phenoxy) is 1. The summed E-state index contributed by atoms with van der Waals surface area (Å²) >= 11 is 0. The summed E-state index contributed by atoms with van der Waals surface area (Å²) in [4.78, 5) is 19.2. The van der Waals surface area contributed by atoms with Crippen LogP contribution in [0.1, 0.15) is 43.9 Å². The molecule has 4 heteroatoms. The number of piperidine rings is 1. The number of hydrogen-bond acceptors (Lipinski definition) is 4. The van der Waals surface area contributed by atoms with E-state index < -0.39 is 0 Å². The molecule has 128 valence electrons. The normalized spacial score (nSPS) is 18.0. The Bertz CT molecular complexity index is 742. The topological polar surface area (TPSA) is 42.4 Å².